The van der Waals surface area contributed by atoms with E-state index in [1.54, 1.807) is 14.0 Å². The summed E-state index contributed by atoms with van der Waals surface area (Å²) in [4.78, 5) is 16.4. The third-order valence-electron chi connectivity index (χ3n) is 3.90. The number of aryl methyl sites for hydroxylation is 1. The van der Waals surface area contributed by atoms with Gasteiger partial charge in [0.05, 0.1) is 13.3 Å². The maximum absolute atomic E-state index is 11.8. The Balaban J connectivity index is 2.22. The zero-order valence-corrected chi connectivity index (χ0v) is 14.2. The molecule has 0 aliphatic heterocycles. The quantitative estimate of drug-likeness (QED) is 0.791. The number of methoxy groups -OCH3 is 1. The molecule has 1 N–H and O–H groups in total. The van der Waals surface area contributed by atoms with Crippen molar-refractivity contribution >= 4 is 22.6 Å². The Kier molecular flexibility index (Phi) is 4.35. The standard InChI is InChI=1S/C18H17N5O2/c1-4-16(24)22-18-12(9-19)10-20-23(18)15-8-11(2)13-6-5-7-14(25-3)17(13)21-15/h5-8,10H,4H2,1-3H3,(H,22,24). The number of anilines is 1. The highest BCUT2D eigenvalue weighted by molar-refractivity contribution is 5.91. The minimum absolute atomic E-state index is 0.201. The molecule has 25 heavy (non-hydrogen) atoms. The smallest absolute Gasteiger partial charge is 0.225 e. The molecule has 126 valence electrons. The Labute approximate surface area is 144 Å². The van der Waals surface area contributed by atoms with Gasteiger partial charge in [-0.25, -0.2) is 4.98 Å². The maximum atomic E-state index is 11.8. The molecule has 3 aromatic rings. The molecule has 2 aromatic heterocycles. The van der Waals surface area contributed by atoms with Crippen LogP contribution in [0.15, 0.2) is 30.5 Å². The number of aromatic nitrogens is 3. The number of rotatable bonds is 4. The van der Waals surface area contributed by atoms with Crippen LogP contribution in [-0.2, 0) is 4.79 Å². The molecule has 3 rings (SSSR count). The molecule has 1 aromatic carbocycles. The number of fused-ring (bicyclic) bond motifs is 1. The Morgan fingerprint density at radius 1 is 1.44 bits per heavy atom. The van der Waals surface area contributed by atoms with Gasteiger partial charge < -0.3 is 10.1 Å². The molecule has 0 saturated heterocycles. The predicted octanol–water partition coefficient (Wildman–Crippen LogP) is 2.96. The first-order valence-corrected chi connectivity index (χ1v) is 7.81. The summed E-state index contributed by atoms with van der Waals surface area (Å²) in [5.41, 5.74) is 1.96. The summed E-state index contributed by atoms with van der Waals surface area (Å²) in [6, 6.07) is 9.61. The lowest BCUT2D eigenvalue weighted by molar-refractivity contribution is -0.115. The van der Waals surface area contributed by atoms with E-state index in [0.717, 1.165) is 10.9 Å². The molecule has 0 fully saturated rings. The largest absolute Gasteiger partial charge is 0.494 e. The first kappa shape index (κ1) is 16.5. The van der Waals surface area contributed by atoms with Gasteiger partial charge in [-0.2, -0.15) is 15.0 Å². The summed E-state index contributed by atoms with van der Waals surface area (Å²) in [6.07, 6.45) is 1.71. The molecule has 1 amide bonds. The minimum atomic E-state index is -0.201. The third kappa shape index (κ3) is 2.90. The summed E-state index contributed by atoms with van der Waals surface area (Å²) >= 11 is 0. The van der Waals surface area contributed by atoms with Gasteiger partial charge in [0.2, 0.25) is 5.91 Å². The van der Waals surface area contributed by atoms with Gasteiger partial charge in [0, 0.05) is 11.8 Å². The van der Waals surface area contributed by atoms with Crippen molar-refractivity contribution in [3.8, 4) is 17.6 Å². The molecule has 0 atom stereocenters. The molecular formula is C18H17N5O2. The van der Waals surface area contributed by atoms with Crippen molar-refractivity contribution in [3.05, 3.63) is 41.6 Å². The van der Waals surface area contributed by atoms with Crippen molar-refractivity contribution < 1.29 is 9.53 Å². The van der Waals surface area contributed by atoms with Crippen LogP contribution in [0.25, 0.3) is 16.7 Å². The van der Waals surface area contributed by atoms with Crippen LogP contribution in [0.5, 0.6) is 5.75 Å². The van der Waals surface area contributed by atoms with E-state index in [0.29, 0.717) is 29.3 Å². The molecule has 0 saturated carbocycles. The molecular weight excluding hydrogens is 318 g/mol. The summed E-state index contributed by atoms with van der Waals surface area (Å²) in [5.74, 6) is 1.26. The van der Waals surface area contributed by atoms with Crippen LogP contribution < -0.4 is 10.1 Å². The number of carbonyl (C=O) groups is 1. The van der Waals surface area contributed by atoms with E-state index in [1.807, 2.05) is 37.3 Å². The minimum Gasteiger partial charge on any atom is -0.494 e. The number of benzene rings is 1. The lowest BCUT2D eigenvalue weighted by Crippen LogP contribution is -2.15. The Morgan fingerprint density at radius 2 is 2.24 bits per heavy atom. The number of nitrogens with one attached hydrogen (secondary N) is 1. The average molecular weight is 335 g/mol. The number of hydrogen-bond acceptors (Lipinski definition) is 5. The molecule has 0 spiro atoms. The number of nitrogens with zero attached hydrogens (tertiary/aromatic N) is 4. The van der Waals surface area contributed by atoms with Crippen molar-refractivity contribution in [1.29, 1.82) is 5.26 Å². The monoisotopic (exact) mass is 335 g/mol. The summed E-state index contributed by atoms with van der Waals surface area (Å²) in [5, 5.41) is 17.2. The highest BCUT2D eigenvalue weighted by Crippen LogP contribution is 2.28. The summed E-state index contributed by atoms with van der Waals surface area (Å²) in [6.45, 7) is 3.71. The van der Waals surface area contributed by atoms with Gasteiger partial charge in [0.25, 0.3) is 0 Å². The fourth-order valence-electron chi connectivity index (χ4n) is 2.59. The van der Waals surface area contributed by atoms with Crippen molar-refractivity contribution in [3.63, 3.8) is 0 Å². The van der Waals surface area contributed by atoms with E-state index >= 15 is 0 Å². The predicted molar refractivity (Wildman–Crippen MR) is 93.8 cm³/mol. The zero-order valence-electron chi connectivity index (χ0n) is 14.2. The van der Waals surface area contributed by atoms with E-state index in [4.69, 9.17) is 4.74 Å². The first-order valence-electron chi connectivity index (χ1n) is 7.81. The van der Waals surface area contributed by atoms with E-state index in [2.05, 4.69) is 15.4 Å². The SMILES string of the molecule is CCC(=O)Nc1c(C#N)cnn1-c1cc(C)c2cccc(OC)c2n1. The first-order chi connectivity index (χ1) is 12.1. The van der Waals surface area contributed by atoms with Crippen LogP contribution in [0.2, 0.25) is 0 Å². The van der Waals surface area contributed by atoms with E-state index in [9.17, 15) is 10.1 Å². The van der Waals surface area contributed by atoms with Crippen LogP contribution in [0, 0.1) is 18.3 Å². The molecule has 2 heterocycles. The molecule has 0 bridgehead atoms. The van der Waals surface area contributed by atoms with Crippen molar-refractivity contribution in [2.75, 3.05) is 12.4 Å². The normalized spacial score (nSPS) is 10.5. The number of para-hydroxylation sites is 1. The number of nitriles is 1. The Bertz CT molecular complexity index is 1000. The van der Waals surface area contributed by atoms with Gasteiger partial charge >= 0.3 is 0 Å². The lowest BCUT2D eigenvalue weighted by atomic mass is 10.1. The van der Waals surface area contributed by atoms with Crippen molar-refractivity contribution in [2.45, 2.75) is 20.3 Å². The number of pyridine rings is 1. The Morgan fingerprint density at radius 3 is 2.92 bits per heavy atom. The number of ether oxygens (including phenoxy) is 1. The highest BCUT2D eigenvalue weighted by atomic mass is 16.5. The van der Waals surface area contributed by atoms with Crippen molar-refractivity contribution in [1.82, 2.24) is 14.8 Å². The number of hydrogen-bond donors (Lipinski definition) is 1. The van der Waals surface area contributed by atoms with Gasteiger partial charge in [-0.3, -0.25) is 4.79 Å². The van der Waals surface area contributed by atoms with Gasteiger partial charge in [0.1, 0.15) is 22.9 Å². The molecule has 7 heteroatoms. The van der Waals surface area contributed by atoms with Crippen LogP contribution in [0.3, 0.4) is 0 Å². The summed E-state index contributed by atoms with van der Waals surface area (Å²) < 4.78 is 6.86. The zero-order chi connectivity index (χ0) is 18.0. The van der Waals surface area contributed by atoms with E-state index in [-0.39, 0.29) is 11.5 Å². The highest BCUT2D eigenvalue weighted by Gasteiger charge is 2.17. The number of carbonyl (C=O) groups excluding carboxylic acids is 1. The molecule has 0 radical (unpaired) electrons. The topological polar surface area (TPSA) is 92.8 Å². The lowest BCUT2D eigenvalue weighted by Gasteiger charge is -2.12. The average Bonchev–Trinajstić information content (AvgIpc) is 3.03. The second-order valence-corrected chi connectivity index (χ2v) is 5.49. The van der Waals surface area contributed by atoms with Crippen LogP contribution in [-0.4, -0.2) is 27.8 Å². The fourth-order valence-corrected chi connectivity index (χ4v) is 2.59. The van der Waals surface area contributed by atoms with Crippen LogP contribution >= 0.6 is 0 Å². The maximum Gasteiger partial charge on any atom is 0.225 e. The van der Waals surface area contributed by atoms with Gasteiger partial charge in [-0.1, -0.05) is 19.1 Å². The second kappa shape index (κ2) is 6.61. The molecule has 0 aliphatic rings. The molecule has 0 aliphatic carbocycles. The molecule has 7 nitrogen and oxygen atoms in total. The van der Waals surface area contributed by atoms with Crippen molar-refractivity contribution in [2.24, 2.45) is 0 Å². The van der Waals surface area contributed by atoms with Gasteiger partial charge in [-0.05, 0) is 24.6 Å². The fraction of sp³-hybridized carbons (Fsp3) is 0.222. The van der Waals surface area contributed by atoms with E-state index < -0.39 is 0 Å². The summed E-state index contributed by atoms with van der Waals surface area (Å²) in [7, 11) is 1.59. The second-order valence-electron chi connectivity index (χ2n) is 5.49. The van der Waals surface area contributed by atoms with E-state index in [1.165, 1.54) is 10.9 Å². The van der Waals surface area contributed by atoms with Gasteiger partial charge in [-0.15, -0.1) is 0 Å². The van der Waals surface area contributed by atoms with Crippen LogP contribution in [0.4, 0.5) is 5.82 Å². The Hall–Kier alpha value is -3.40. The molecule has 0 unspecified atom stereocenters. The van der Waals surface area contributed by atoms with Crippen LogP contribution in [0.1, 0.15) is 24.5 Å². The van der Waals surface area contributed by atoms with Gasteiger partial charge in [0.15, 0.2) is 11.6 Å². The number of amides is 1. The third-order valence-corrected chi connectivity index (χ3v) is 3.90.